The lowest BCUT2D eigenvalue weighted by Crippen LogP contribution is -2.29. The van der Waals surface area contributed by atoms with Gasteiger partial charge < -0.3 is 5.32 Å². The first kappa shape index (κ1) is 23.7. The van der Waals surface area contributed by atoms with E-state index < -0.39 is 5.56 Å². The third kappa shape index (κ3) is 4.76. The van der Waals surface area contributed by atoms with E-state index in [2.05, 4.69) is 5.32 Å². The minimum Gasteiger partial charge on any atom is -0.367 e. The van der Waals surface area contributed by atoms with Gasteiger partial charge in [-0.3, -0.25) is 19.1 Å². The van der Waals surface area contributed by atoms with E-state index in [1.54, 1.807) is 37.1 Å². The average Bonchev–Trinajstić information content (AvgIpc) is 3.04. The number of amides is 1. The summed E-state index contributed by atoms with van der Waals surface area (Å²) in [5.74, 6) is -0.0412. The lowest BCUT2D eigenvalue weighted by molar-refractivity contribution is -0.122. The van der Waals surface area contributed by atoms with Crippen LogP contribution in [0.25, 0.3) is 6.08 Å². The first-order valence-corrected chi connectivity index (χ1v) is 11.4. The summed E-state index contributed by atoms with van der Waals surface area (Å²) in [6.45, 7) is 4.62. The van der Waals surface area contributed by atoms with Crippen molar-refractivity contribution in [3.05, 3.63) is 67.6 Å². The average molecular weight is 471 g/mol. The Bertz CT molecular complexity index is 1200. The van der Waals surface area contributed by atoms with Crippen LogP contribution in [0, 0.1) is 24.1 Å². The lowest BCUT2D eigenvalue weighted by Gasteiger charge is -2.18. The van der Waals surface area contributed by atoms with Crippen molar-refractivity contribution >= 4 is 46.1 Å². The van der Waals surface area contributed by atoms with Gasteiger partial charge in [0.25, 0.3) is 11.5 Å². The molecule has 1 aliphatic rings. The Hall–Kier alpha value is -2.96. The van der Waals surface area contributed by atoms with Gasteiger partial charge in [-0.25, -0.2) is 4.39 Å². The summed E-state index contributed by atoms with van der Waals surface area (Å²) in [4.78, 5) is 27.7. The number of unbranched alkanes of at least 4 members (excludes halogenated alkanes) is 1. The number of hydrogen-bond acceptors (Lipinski definition) is 6. The molecule has 1 aromatic heterocycles. The predicted molar refractivity (Wildman–Crippen MR) is 130 cm³/mol. The SMILES string of the molecule is CCCCN1C(=O)/C(=C\c2c(C)c(C#N)c(=O)n(C)c2NCc2ccc(F)cc2)SC1=S. The van der Waals surface area contributed by atoms with Crippen LogP contribution in [0.15, 0.2) is 34.0 Å². The number of carbonyl (C=O) groups excluding carboxylic acids is 1. The molecule has 1 N–H and O–H groups in total. The van der Waals surface area contributed by atoms with E-state index in [0.717, 1.165) is 18.4 Å². The second-order valence-electron chi connectivity index (χ2n) is 7.41. The molecule has 0 spiro atoms. The second-order valence-corrected chi connectivity index (χ2v) is 9.08. The Kier molecular flexibility index (Phi) is 7.48. The number of carbonyl (C=O) groups is 1. The van der Waals surface area contributed by atoms with Crippen LogP contribution in [-0.2, 0) is 18.4 Å². The Morgan fingerprint density at radius 1 is 1.28 bits per heavy atom. The van der Waals surface area contributed by atoms with Crippen LogP contribution in [0.4, 0.5) is 10.2 Å². The smallest absolute Gasteiger partial charge is 0.270 e. The molecule has 9 heteroatoms. The standard InChI is InChI=1S/C23H23FN4O2S2/c1-4-5-10-28-22(30)19(32-23(28)31)11-17-14(2)18(12-25)21(29)27(3)20(17)26-13-15-6-8-16(24)9-7-15/h6-9,11,26H,4-5,10,13H2,1-3H3/b19-11+. The highest BCUT2D eigenvalue weighted by Gasteiger charge is 2.32. The van der Waals surface area contributed by atoms with E-state index in [1.807, 2.05) is 13.0 Å². The minimum atomic E-state index is -0.431. The van der Waals surface area contributed by atoms with E-state index in [-0.39, 0.29) is 17.3 Å². The molecule has 1 saturated heterocycles. The Morgan fingerprint density at radius 3 is 2.59 bits per heavy atom. The Labute approximate surface area is 195 Å². The van der Waals surface area contributed by atoms with E-state index in [1.165, 1.54) is 28.5 Å². The molecule has 2 aromatic rings. The van der Waals surface area contributed by atoms with Crippen molar-refractivity contribution in [2.75, 3.05) is 11.9 Å². The molecule has 3 rings (SSSR count). The molecule has 0 unspecified atom stereocenters. The number of anilines is 1. The van der Waals surface area contributed by atoms with Gasteiger partial charge in [-0.2, -0.15) is 5.26 Å². The van der Waals surface area contributed by atoms with Crippen molar-refractivity contribution in [3.8, 4) is 6.07 Å². The van der Waals surface area contributed by atoms with Crippen LogP contribution >= 0.6 is 24.0 Å². The topological polar surface area (TPSA) is 78.1 Å². The Balaban J connectivity index is 2.05. The van der Waals surface area contributed by atoms with Crippen LogP contribution in [0.5, 0.6) is 0 Å². The second kappa shape index (κ2) is 10.1. The number of thioether (sulfide) groups is 1. The third-order valence-corrected chi connectivity index (χ3v) is 6.64. The normalized spacial score (nSPS) is 14.8. The van der Waals surface area contributed by atoms with Crippen molar-refractivity contribution in [1.29, 1.82) is 5.26 Å². The van der Waals surface area contributed by atoms with Crippen molar-refractivity contribution in [2.45, 2.75) is 33.2 Å². The zero-order valence-corrected chi connectivity index (χ0v) is 19.7. The molecule has 1 fully saturated rings. The maximum Gasteiger partial charge on any atom is 0.270 e. The summed E-state index contributed by atoms with van der Waals surface area (Å²) in [6.07, 6.45) is 3.48. The molecule has 2 heterocycles. The van der Waals surface area contributed by atoms with Gasteiger partial charge in [0.2, 0.25) is 0 Å². The van der Waals surface area contributed by atoms with Crippen molar-refractivity contribution in [3.63, 3.8) is 0 Å². The van der Waals surface area contributed by atoms with Crippen molar-refractivity contribution < 1.29 is 9.18 Å². The van der Waals surface area contributed by atoms with Gasteiger partial charge in [0.05, 0.1) is 4.91 Å². The minimum absolute atomic E-state index is 0.0209. The number of benzene rings is 1. The van der Waals surface area contributed by atoms with E-state index in [0.29, 0.717) is 39.3 Å². The third-order valence-electron chi connectivity index (χ3n) is 5.26. The largest absolute Gasteiger partial charge is 0.367 e. The number of rotatable bonds is 7. The fourth-order valence-corrected chi connectivity index (χ4v) is 4.66. The maximum atomic E-state index is 13.2. The molecule has 0 radical (unpaired) electrons. The summed E-state index contributed by atoms with van der Waals surface area (Å²) in [7, 11) is 1.57. The van der Waals surface area contributed by atoms with E-state index in [4.69, 9.17) is 12.2 Å². The maximum absolute atomic E-state index is 13.2. The summed E-state index contributed by atoms with van der Waals surface area (Å²) in [5.41, 5.74) is 1.46. The number of halogens is 1. The highest BCUT2D eigenvalue weighted by Crippen LogP contribution is 2.35. The number of nitriles is 1. The van der Waals surface area contributed by atoms with Gasteiger partial charge in [0, 0.05) is 25.7 Å². The first-order valence-electron chi connectivity index (χ1n) is 10.2. The highest BCUT2D eigenvalue weighted by atomic mass is 32.2. The summed E-state index contributed by atoms with van der Waals surface area (Å²) in [6, 6.07) is 8.00. The van der Waals surface area contributed by atoms with Gasteiger partial charge >= 0.3 is 0 Å². The molecule has 1 amide bonds. The van der Waals surface area contributed by atoms with Gasteiger partial charge in [-0.1, -0.05) is 49.5 Å². The molecule has 0 bridgehead atoms. The molecule has 1 aromatic carbocycles. The molecule has 32 heavy (non-hydrogen) atoms. The summed E-state index contributed by atoms with van der Waals surface area (Å²) >= 11 is 6.60. The monoisotopic (exact) mass is 470 g/mol. The number of hydrogen-bond donors (Lipinski definition) is 1. The molecule has 1 aliphatic heterocycles. The molecule has 0 atom stereocenters. The quantitative estimate of drug-likeness (QED) is 0.480. The number of pyridine rings is 1. The van der Waals surface area contributed by atoms with E-state index >= 15 is 0 Å². The van der Waals surface area contributed by atoms with Crippen LogP contribution < -0.4 is 10.9 Å². The van der Waals surface area contributed by atoms with E-state index in [9.17, 15) is 19.2 Å². The fourth-order valence-electron chi connectivity index (χ4n) is 3.37. The molecule has 0 aliphatic carbocycles. The molecule has 6 nitrogen and oxygen atoms in total. The van der Waals surface area contributed by atoms with Crippen LogP contribution in [-0.4, -0.2) is 26.2 Å². The van der Waals surface area contributed by atoms with Crippen molar-refractivity contribution in [2.24, 2.45) is 7.05 Å². The van der Waals surface area contributed by atoms with Crippen LogP contribution in [0.2, 0.25) is 0 Å². The predicted octanol–water partition coefficient (Wildman–Crippen LogP) is 4.32. The fraction of sp³-hybridized carbons (Fsp3) is 0.304. The van der Waals surface area contributed by atoms with Gasteiger partial charge in [0.1, 0.15) is 27.6 Å². The van der Waals surface area contributed by atoms with Crippen molar-refractivity contribution in [1.82, 2.24) is 9.47 Å². The van der Waals surface area contributed by atoms with Crippen LogP contribution in [0.1, 0.15) is 42.0 Å². The molecule has 0 saturated carbocycles. The number of nitrogens with zero attached hydrogens (tertiary/aromatic N) is 3. The number of thiocarbonyl (C=S) groups is 1. The Morgan fingerprint density at radius 2 is 1.97 bits per heavy atom. The van der Waals surface area contributed by atoms with Gasteiger partial charge in [-0.15, -0.1) is 0 Å². The number of aromatic nitrogens is 1. The molecular weight excluding hydrogens is 447 g/mol. The lowest BCUT2D eigenvalue weighted by atomic mass is 10.0. The highest BCUT2D eigenvalue weighted by molar-refractivity contribution is 8.26. The zero-order valence-electron chi connectivity index (χ0n) is 18.1. The zero-order chi connectivity index (χ0) is 23.4. The molecule has 166 valence electrons. The van der Waals surface area contributed by atoms with Crippen LogP contribution in [0.3, 0.4) is 0 Å². The summed E-state index contributed by atoms with van der Waals surface area (Å²) < 4.78 is 15.1. The summed E-state index contributed by atoms with van der Waals surface area (Å²) in [5, 5.41) is 12.7. The molecular formula is C23H23FN4O2S2. The van der Waals surface area contributed by atoms with Gasteiger partial charge in [0.15, 0.2) is 0 Å². The first-order chi connectivity index (χ1) is 15.3. The number of nitrogens with one attached hydrogen (secondary N) is 1. The van der Waals surface area contributed by atoms with Gasteiger partial charge in [-0.05, 0) is 42.7 Å².